The molecule has 2 aliphatic heterocycles. The van der Waals surface area contributed by atoms with Crippen LogP contribution in [0.5, 0.6) is 5.75 Å². The summed E-state index contributed by atoms with van der Waals surface area (Å²) < 4.78 is 5.31. The van der Waals surface area contributed by atoms with E-state index in [0.717, 1.165) is 35.1 Å². The first kappa shape index (κ1) is 20.4. The van der Waals surface area contributed by atoms with Crippen molar-refractivity contribution in [1.29, 1.82) is 0 Å². The second kappa shape index (κ2) is 8.22. The normalized spacial score (nSPS) is 21.3. The number of aliphatic hydroxyl groups is 1. The lowest BCUT2D eigenvalue weighted by Gasteiger charge is -2.29. The molecular weight excluding hydrogens is 404 g/mol. The number of ether oxygens (including phenoxy) is 1. The number of hydrogen-bond acceptors (Lipinski definition) is 8. The third kappa shape index (κ3) is 3.90. The lowest BCUT2D eigenvalue weighted by atomic mass is 9.95. The van der Waals surface area contributed by atoms with Crippen LogP contribution in [0.3, 0.4) is 0 Å². The topological polar surface area (TPSA) is 86.6 Å². The highest BCUT2D eigenvalue weighted by Crippen LogP contribution is 2.37. The van der Waals surface area contributed by atoms with Crippen molar-refractivity contribution in [1.82, 2.24) is 20.0 Å². The number of benzene rings is 1. The minimum absolute atomic E-state index is 0.492. The maximum atomic E-state index is 11.0. The van der Waals surface area contributed by atoms with Crippen molar-refractivity contribution in [3.8, 4) is 5.75 Å². The van der Waals surface area contributed by atoms with E-state index < -0.39 is 5.60 Å². The van der Waals surface area contributed by atoms with Crippen LogP contribution < -0.4 is 15.1 Å². The molecule has 5 rings (SSSR count). The number of aromatic nitrogens is 3. The fraction of sp³-hybridized carbons (Fsp3) is 0.292. The first-order valence-corrected chi connectivity index (χ1v) is 10.7. The van der Waals surface area contributed by atoms with Gasteiger partial charge in [0.1, 0.15) is 17.2 Å². The number of hydrogen-bond donors (Lipinski definition) is 2. The Bertz CT molecular complexity index is 1160. The van der Waals surface area contributed by atoms with Crippen LogP contribution in [0.2, 0.25) is 0 Å². The van der Waals surface area contributed by atoms with E-state index in [1.165, 1.54) is 0 Å². The molecular formula is C24H26N6O2. The van der Waals surface area contributed by atoms with Crippen molar-refractivity contribution in [3.63, 3.8) is 0 Å². The van der Waals surface area contributed by atoms with Gasteiger partial charge in [0.05, 0.1) is 12.8 Å². The van der Waals surface area contributed by atoms with Crippen LogP contribution in [-0.4, -0.2) is 38.7 Å². The molecule has 0 amide bonds. The summed E-state index contributed by atoms with van der Waals surface area (Å²) in [6.07, 6.45) is 7.51. The summed E-state index contributed by atoms with van der Waals surface area (Å²) in [7, 11) is 1.64. The summed E-state index contributed by atoms with van der Waals surface area (Å²) in [5.74, 6) is 2.76. The maximum absolute atomic E-state index is 11.0. The van der Waals surface area contributed by atoms with Gasteiger partial charge in [-0.05, 0) is 44.0 Å². The Morgan fingerprint density at radius 2 is 2.00 bits per heavy atom. The number of rotatable bonds is 3. The van der Waals surface area contributed by atoms with Crippen LogP contribution in [0, 0.1) is 0 Å². The Hall–Kier alpha value is -3.49. The molecule has 1 aromatic carbocycles. The van der Waals surface area contributed by atoms with Gasteiger partial charge in [-0.3, -0.25) is 0 Å². The number of allylic oxidation sites excluding steroid dienone is 1. The van der Waals surface area contributed by atoms with Crippen molar-refractivity contribution in [3.05, 3.63) is 72.1 Å². The lowest BCUT2D eigenvalue weighted by molar-refractivity contribution is 0.0444. The standard InChI is InChI=1S/C24H26N6O2/c1-24(31)12-4-3-5-13-29-16-17-15-25-23(26-18-8-6-9-19(14-18)32-2)28-22(17)30(29)21-11-7-10-20(24)27-21/h3,5-11,14-15,31H,4,12-13,16H2,1-2H3,(H,25,26,28)/b5-3-/t24-/m1/s1. The largest absolute Gasteiger partial charge is 0.497 e. The molecule has 0 saturated heterocycles. The van der Waals surface area contributed by atoms with E-state index >= 15 is 0 Å². The van der Waals surface area contributed by atoms with Crippen molar-refractivity contribution in [2.75, 3.05) is 24.0 Å². The van der Waals surface area contributed by atoms with Crippen LogP contribution in [-0.2, 0) is 12.1 Å². The highest BCUT2D eigenvalue weighted by molar-refractivity contribution is 5.65. The number of anilines is 4. The van der Waals surface area contributed by atoms with Crippen LogP contribution in [0.4, 0.5) is 23.3 Å². The maximum Gasteiger partial charge on any atom is 0.229 e. The lowest BCUT2D eigenvalue weighted by Crippen LogP contribution is -2.35. The minimum Gasteiger partial charge on any atom is -0.497 e. The molecule has 0 unspecified atom stereocenters. The summed E-state index contributed by atoms with van der Waals surface area (Å²) in [5.41, 5.74) is 1.52. The smallest absolute Gasteiger partial charge is 0.229 e. The van der Waals surface area contributed by atoms with Crippen molar-refractivity contribution in [2.45, 2.75) is 31.9 Å². The predicted molar refractivity (Wildman–Crippen MR) is 123 cm³/mol. The van der Waals surface area contributed by atoms with Gasteiger partial charge >= 0.3 is 0 Å². The van der Waals surface area contributed by atoms with Crippen LogP contribution in [0.25, 0.3) is 0 Å². The molecule has 0 saturated carbocycles. The van der Waals surface area contributed by atoms with Gasteiger partial charge in [-0.2, -0.15) is 4.98 Å². The fourth-order valence-electron chi connectivity index (χ4n) is 4.03. The molecule has 0 spiro atoms. The number of methoxy groups -OCH3 is 1. The number of fused-ring (bicyclic) bond motifs is 6. The molecule has 8 heteroatoms. The van der Waals surface area contributed by atoms with Gasteiger partial charge in [0.25, 0.3) is 0 Å². The molecule has 2 bridgehead atoms. The molecule has 0 aliphatic carbocycles. The fourth-order valence-corrected chi connectivity index (χ4v) is 4.03. The summed E-state index contributed by atoms with van der Waals surface area (Å²) >= 11 is 0. The van der Waals surface area contributed by atoms with Gasteiger partial charge in [-0.25, -0.2) is 20.0 Å². The molecule has 2 aromatic heterocycles. The zero-order valence-electron chi connectivity index (χ0n) is 18.2. The van der Waals surface area contributed by atoms with E-state index in [0.29, 0.717) is 31.2 Å². The highest BCUT2D eigenvalue weighted by atomic mass is 16.5. The molecule has 3 aromatic rings. The van der Waals surface area contributed by atoms with Crippen LogP contribution >= 0.6 is 0 Å². The molecule has 32 heavy (non-hydrogen) atoms. The Morgan fingerprint density at radius 3 is 2.88 bits per heavy atom. The second-order valence-electron chi connectivity index (χ2n) is 8.22. The van der Waals surface area contributed by atoms with E-state index in [1.807, 2.05) is 60.6 Å². The van der Waals surface area contributed by atoms with E-state index in [4.69, 9.17) is 14.7 Å². The van der Waals surface area contributed by atoms with E-state index in [1.54, 1.807) is 7.11 Å². The molecule has 4 heterocycles. The zero-order chi connectivity index (χ0) is 22.1. The van der Waals surface area contributed by atoms with Crippen molar-refractivity contribution >= 4 is 23.3 Å². The third-order valence-electron chi connectivity index (χ3n) is 5.79. The van der Waals surface area contributed by atoms with Crippen LogP contribution in [0.15, 0.2) is 60.8 Å². The van der Waals surface area contributed by atoms with Crippen molar-refractivity contribution < 1.29 is 9.84 Å². The summed E-state index contributed by atoms with van der Waals surface area (Å²) in [4.78, 5) is 14.2. The number of hydrazine groups is 1. The van der Waals surface area contributed by atoms with Gasteiger partial charge in [0.2, 0.25) is 5.95 Å². The molecule has 1 atom stereocenters. The van der Waals surface area contributed by atoms with E-state index in [9.17, 15) is 5.11 Å². The van der Waals surface area contributed by atoms with Crippen molar-refractivity contribution in [2.24, 2.45) is 0 Å². The molecule has 2 aliphatic rings. The van der Waals surface area contributed by atoms with Gasteiger partial charge in [-0.15, -0.1) is 0 Å². The van der Waals surface area contributed by atoms with Gasteiger partial charge in [0.15, 0.2) is 5.82 Å². The second-order valence-corrected chi connectivity index (χ2v) is 8.22. The Morgan fingerprint density at radius 1 is 1.12 bits per heavy atom. The molecule has 8 nitrogen and oxygen atoms in total. The summed E-state index contributed by atoms with van der Waals surface area (Å²) in [6, 6.07) is 13.4. The summed E-state index contributed by atoms with van der Waals surface area (Å²) in [6.45, 7) is 3.21. The zero-order valence-corrected chi connectivity index (χ0v) is 18.2. The monoisotopic (exact) mass is 430 g/mol. The third-order valence-corrected chi connectivity index (χ3v) is 5.79. The summed E-state index contributed by atoms with van der Waals surface area (Å²) in [5, 5.41) is 18.4. The predicted octanol–water partition coefficient (Wildman–Crippen LogP) is 4.05. The van der Waals surface area contributed by atoms with Gasteiger partial charge in [-0.1, -0.05) is 24.3 Å². The quantitative estimate of drug-likeness (QED) is 0.602. The molecule has 164 valence electrons. The number of nitrogens with one attached hydrogen (secondary N) is 1. The average molecular weight is 431 g/mol. The number of pyridine rings is 1. The Balaban J connectivity index is 1.54. The highest BCUT2D eigenvalue weighted by Gasteiger charge is 2.33. The first-order chi connectivity index (χ1) is 15.5. The molecule has 2 N–H and O–H groups in total. The number of nitrogens with zero attached hydrogens (tertiary/aromatic N) is 5. The first-order valence-electron chi connectivity index (χ1n) is 10.7. The molecule has 0 fully saturated rings. The average Bonchev–Trinajstić information content (AvgIpc) is 3.15. The van der Waals surface area contributed by atoms with E-state index in [-0.39, 0.29) is 0 Å². The molecule has 0 radical (unpaired) electrons. The van der Waals surface area contributed by atoms with Gasteiger partial charge < -0.3 is 15.2 Å². The van der Waals surface area contributed by atoms with Crippen LogP contribution in [0.1, 0.15) is 31.0 Å². The Kier molecular flexibility index (Phi) is 5.24. The van der Waals surface area contributed by atoms with Gasteiger partial charge in [0, 0.05) is 36.6 Å². The minimum atomic E-state index is -0.997. The Labute approximate surface area is 187 Å². The SMILES string of the molecule is COc1cccc(Nc2ncc3c(n2)N2c4cccc(n4)[C@](C)(O)CC/C=C\CN2C3)c1. The van der Waals surface area contributed by atoms with E-state index in [2.05, 4.69) is 27.5 Å².